The van der Waals surface area contributed by atoms with Gasteiger partial charge >= 0.3 is 0 Å². The molecule has 1 atom stereocenters. The third-order valence-electron chi connectivity index (χ3n) is 6.68. The summed E-state index contributed by atoms with van der Waals surface area (Å²) in [4.78, 5) is 19.8. The standard InChI is InChI=1S/C25H35N3O2S/c1-25(2,3)24(29)27-22(23-26-10-13-31-23)17-8-11-28(12-9-17)16-20-14-18-6-5-7-19(18)15-21(20)30-4/h10,13-15,17,22H,5-9,11-12,16H2,1-4H3,(H,27,29)/t22-/m0/s1. The summed E-state index contributed by atoms with van der Waals surface area (Å²) in [5.74, 6) is 1.54. The zero-order valence-electron chi connectivity index (χ0n) is 19.2. The van der Waals surface area contributed by atoms with E-state index in [-0.39, 0.29) is 11.9 Å². The van der Waals surface area contributed by atoms with Gasteiger partial charge in [0.15, 0.2) is 0 Å². The Morgan fingerprint density at radius 3 is 2.58 bits per heavy atom. The van der Waals surface area contributed by atoms with Gasteiger partial charge in [-0.25, -0.2) is 4.98 Å². The van der Waals surface area contributed by atoms with Crippen LogP contribution in [-0.2, 0) is 24.2 Å². The number of hydrogen-bond acceptors (Lipinski definition) is 5. The molecule has 1 aliphatic heterocycles. The summed E-state index contributed by atoms with van der Waals surface area (Å²) in [6.45, 7) is 8.88. The van der Waals surface area contributed by atoms with Gasteiger partial charge in [0.25, 0.3) is 0 Å². The molecule has 0 radical (unpaired) electrons. The summed E-state index contributed by atoms with van der Waals surface area (Å²) in [7, 11) is 1.78. The number of aromatic nitrogens is 1. The Labute approximate surface area is 190 Å². The maximum absolute atomic E-state index is 12.7. The van der Waals surface area contributed by atoms with Gasteiger partial charge in [0, 0.05) is 29.1 Å². The van der Waals surface area contributed by atoms with Crippen molar-refractivity contribution in [2.45, 2.75) is 65.5 Å². The van der Waals surface area contributed by atoms with E-state index in [4.69, 9.17) is 4.74 Å². The first-order valence-corrected chi connectivity index (χ1v) is 12.3. The average Bonchev–Trinajstić information content (AvgIpc) is 3.43. The second kappa shape index (κ2) is 9.29. The highest BCUT2D eigenvalue weighted by molar-refractivity contribution is 7.09. The Morgan fingerprint density at radius 2 is 1.97 bits per heavy atom. The van der Waals surface area contributed by atoms with Gasteiger partial charge in [-0.2, -0.15) is 0 Å². The zero-order chi connectivity index (χ0) is 22.0. The fraction of sp³-hybridized carbons (Fsp3) is 0.600. The van der Waals surface area contributed by atoms with Crippen LogP contribution in [0.15, 0.2) is 23.7 Å². The molecule has 6 heteroatoms. The highest BCUT2D eigenvalue weighted by atomic mass is 32.1. The lowest BCUT2D eigenvalue weighted by molar-refractivity contribution is -0.129. The number of aryl methyl sites for hydroxylation is 2. The molecule has 4 rings (SSSR count). The molecule has 0 bridgehead atoms. The second-order valence-electron chi connectivity index (χ2n) is 9.97. The third-order valence-corrected chi connectivity index (χ3v) is 7.54. The molecule has 2 aromatic rings. The molecule has 1 fully saturated rings. The number of benzene rings is 1. The fourth-order valence-electron chi connectivity index (χ4n) is 4.78. The van der Waals surface area contributed by atoms with E-state index < -0.39 is 5.41 Å². The number of carbonyl (C=O) groups is 1. The normalized spacial score (nSPS) is 18.6. The van der Waals surface area contributed by atoms with Crippen LogP contribution in [0, 0.1) is 11.3 Å². The summed E-state index contributed by atoms with van der Waals surface area (Å²) in [6.07, 6.45) is 7.58. The molecule has 0 saturated carbocycles. The Bertz CT molecular complexity index is 896. The number of ether oxygens (including phenoxy) is 1. The van der Waals surface area contributed by atoms with Crippen molar-refractivity contribution in [3.05, 3.63) is 45.4 Å². The number of hydrogen-bond donors (Lipinski definition) is 1. The summed E-state index contributed by atoms with van der Waals surface area (Å²) in [6, 6.07) is 4.63. The number of methoxy groups -OCH3 is 1. The SMILES string of the molecule is COc1cc2c(cc1CN1CCC([C@H](NC(=O)C(C)(C)C)c3nccs3)CC1)CCC2. The number of nitrogens with one attached hydrogen (secondary N) is 1. The van der Waals surface area contributed by atoms with Crippen LogP contribution in [0.3, 0.4) is 0 Å². The van der Waals surface area contributed by atoms with E-state index in [1.807, 2.05) is 32.3 Å². The molecule has 168 valence electrons. The van der Waals surface area contributed by atoms with Crippen LogP contribution in [-0.4, -0.2) is 36.0 Å². The molecule has 31 heavy (non-hydrogen) atoms. The summed E-state index contributed by atoms with van der Waals surface area (Å²) >= 11 is 1.64. The summed E-state index contributed by atoms with van der Waals surface area (Å²) in [5, 5.41) is 6.34. The first kappa shape index (κ1) is 22.3. The second-order valence-corrected chi connectivity index (χ2v) is 10.9. The van der Waals surface area contributed by atoms with Gasteiger partial charge in [0.1, 0.15) is 10.8 Å². The predicted octanol–water partition coefficient (Wildman–Crippen LogP) is 4.76. The number of amides is 1. The minimum atomic E-state index is -0.402. The zero-order valence-corrected chi connectivity index (χ0v) is 20.1. The Kier molecular flexibility index (Phi) is 6.68. The topological polar surface area (TPSA) is 54.5 Å². The Morgan fingerprint density at radius 1 is 1.26 bits per heavy atom. The first-order valence-electron chi connectivity index (χ1n) is 11.5. The molecular weight excluding hydrogens is 406 g/mol. The van der Waals surface area contributed by atoms with Gasteiger partial charge in [-0.15, -0.1) is 11.3 Å². The largest absolute Gasteiger partial charge is 0.496 e. The number of fused-ring (bicyclic) bond motifs is 1. The van der Waals surface area contributed by atoms with Crippen LogP contribution in [0.5, 0.6) is 5.75 Å². The number of piperidine rings is 1. The average molecular weight is 442 g/mol. The quantitative estimate of drug-likeness (QED) is 0.702. The first-order chi connectivity index (χ1) is 14.8. The monoisotopic (exact) mass is 441 g/mol. The van der Waals surface area contributed by atoms with Crippen LogP contribution in [0.2, 0.25) is 0 Å². The highest BCUT2D eigenvalue weighted by Gasteiger charge is 2.33. The molecule has 0 unspecified atom stereocenters. The van der Waals surface area contributed by atoms with Gasteiger partial charge in [-0.3, -0.25) is 9.69 Å². The van der Waals surface area contributed by atoms with Crippen molar-refractivity contribution >= 4 is 17.2 Å². The van der Waals surface area contributed by atoms with Crippen LogP contribution < -0.4 is 10.1 Å². The lowest BCUT2D eigenvalue weighted by atomic mass is 9.87. The molecule has 2 aliphatic rings. The fourth-order valence-corrected chi connectivity index (χ4v) is 5.56. The van der Waals surface area contributed by atoms with Crippen LogP contribution in [0.1, 0.15) is 67.8 Å². The smallest absolute Gasteiger partial charge is 0.225 e. The van der Waals surface area contributed by atoms with Crippen molar-refractivity contribution < 1.29 is 9.53 Å². The number of carbonyl (C=O) groups excluding carboxylic acids is 1. The van der Waals surface area contributed by atoms with Gasteiger partial charge < -0.3 is 10.1 Å². The van der Waals surface area contributed by atoms with E-state index >= 15 is 0 Å². The number of thiazole rings is 1. The van der Waals surface area contributed by atoms with E-state index in [1.165, 1.54) is 36.0 Å². The summed E-state index contributed by atoms with van der Waals surface area (Å²) < 4.78 is 5.71. The molecule has 5 nitrogen and oxygen atoms in total. The maximum atomic E-state index is 12.7. The predicted molar refractivity (Wildman–Crippen MR) is 125 cm³/mol. The van der Waals surface area contributed by atoms with Crippen molar-refractivity contribution in [2.75, 3.05) is 20.2 Å². The molecule has 0 spiro atoms. The van der Waals surface area contributed by atoms with Gasteiger partial charge in [0.2, 0.25) is 5.91 Å². The van der Waals surface area contributed by atoms with Crippen LogP contribution in [0.4, 0.5) is 0 Å². The van der Waals surface area contributed by atoms with E-state index in [0.717, 1.165) is 43.2 Å². The molecule has 2 heterocycles. The van der Waals surface area contributed by atoms with Gasteiger partial charge in [-0.05, 0) is 68.3 Å². The number of likely N-dealkylation sites (tertiary alicyclic amines) is 1. The highest BCUT2D eigenvalue weighted by Crippen LogP contribution is 2.35. The van der Waals surface area contributed by atoms with E-state index in [1.54, 1.807) is 18.4 Å². The Hall–Kier alpha value is -1.92. The number of nitrogens with zero attached hydrogens (tertiary/aromatic N) is 2. The third kappa shape index (κ3) is 5.12. The van der Waals surface area contributed by atoms with Crippen molar-refractivity contribution in [1.29, 1.82) is 0 Å². The number of rotatable bonds is 6. The molecule has 1 amide bonds. The van der Waals surface area contributed by atoms with Crippen LogP contribution in [0.25, 0.3) is 0 Å². The van der Waals surface area contributed by atoms with Crippen molar-refractivity contribution in [3.63, 3.8) is 0 Å². The van der Waals surface area contributed by atoms with Crippen molar-refractivity contribution in [1.82, 2.24) is 15.2 Å². The lowest BCUT2D eigenvalue weighted by Gasteiger charge is -2.36. The molecule has 1 aromatic carbocycles. The lowest BCUT2D eigenvalue weighted by Crippen LogP contribution is -2.43. The minimum Gasteiger partial charge on any atom is -0.496 e. The molecule has 1 aromatic heterocycles. The maximum Gasteiger partial charge on any atom is 0.225 e. The van der Waals surface area contributed by atoms with Crippen molar-refractivity contribution in [2.24, 2.45) is 11.3 Å². The van der Waals surface area contributed by atoms with E-state index in [0.29, 0.717) is 5.92 Å². The molecular formula is C25H35N3O2S. The minimum absolute atomic E-state index is 0.00315. The molecule has 1 saturated heterocycles. The van der Waals surface area contributed by atoms with E-state index in [2.05, 4.69) is 27.3 Å². The van der Waals surface area contributed by atoms with E-state index in [9.17, 15) is 4.79 Å². The Balaban J connectivity index is 1.42. The van der Waals surface area contributed by atoms with Crippen molar-refractivity contribution in [3.8, 4) is 5.75 Å². The van der Waals surface area contributed by atoms with Gasteiger partial charge in [-0.1, -0.05) is 26.8 Å². The molecule has 1 aliphatic carbocycles. The molecule has 1 N–H and O–H groups in total. The van der Waals surface area contributed by atoms with Gasteiger partial charge in [0.05, 0.1) is 13.2 Å². The van der Waals surface area contributed by atoms with Crippen LogP contribution >= 0.6 is 11.3 Å². The summed E-state index contributed by atoms with van der Waals surface area (Å²) in [5.41, 5.74) is 3.86.